The third-order valence-corrected chi connectivity index (χ3v) is 4.89. The lowest BCUT2D eigenvalue weighted by molar-refractivity contribution is 0.0938. The molecule has 2 aromatic rings. The first-order valence-corrected chi connectivity index (χ1v) is 9.01. The number of nitrogens with one attached hydrogen (secondary N) is 1. The van der Waals surface area contributed by atoms with Crippen LogP contribution in [0.1, 0.15) is 34.8 Å². The second-order valence-corrected chi connectivity index (χ2v) is 6.47. The summed E-state index contributed by atoms with van der Waals surface area (Å²) in [4.78, 5) is 14.9. The summed E-state index contributed by atoms with van der Waals surface area (Å²) in [7, 11) is 3.28. The van der Waals surface area contributed by atoms with E-state index < -0.39 is 0 Å². The molecule has 5 heteroatoms. The molecule has 0 radical (unpaired) electrons. The van der Waals surface area contributed by atoms with Gasteiger partial charge in [-0.05, 0) is 67.9 Å². The summed E-state index contributed by atoms with van der Waals surface area (Å²) in [6.07, 6.45) is 2.41. The molecule has 0 bridgehead atoms. The highest BCUT2D eigenvalue weighted by Gasteiger charge is 2.24. The Hall–Kier alpha value is -2.53. The van der Waals surface area contributed by atoms with Crippen LogP contribution in [0.5, 0.6) is 11.5 Å². The molecule has 1 saturated heterocycles. The summed E-state index contributed by atoms with van der Waals surface area (Å²) in [5.41, 5.74) is 1.84. The molecular weight excluding hydrogens is 328 g/mol. The van der Waals surface area contributed by atoms with Crippen LogP contribution in [-0.2, 0) is 0 Å². The van der Waals surface area contributed by atoms with E-state index >= 15 is 0 Å². The van der Waals surface area contributed by atoms with E-state index in [9.17, 15) is 4.79 Å². The van der Waals surface area contributed by atoms with E-state index in [1.807, 2.05) is 12.1 Å². The molecule has 1 fully saturated rings. The number of nitrogens with zero attached hydrogens (tertiary/aromatic N) is 1. The van der Waals surface area contributed by atoms with Crippen LogP contribution in [0.15, 0.2) is 48.5 Å². The number of hydrogen-bond donors (Lipinski definition) is 1. The lowest BCUT2D eigenvalue weighted by atomic mass is 10.0. The minimum atomic E-state index is -0.0645. The SMILES string of the molecule is COc1ccc(C(=O)NCC(c2ccc(OC)cc2)N2CCCC2)cc1. The number of benzene rings is 2. The molecule has 1 heterocycles. The smallest absolute Gasteiger partial charge is 0.251 e. The van der Waals surface area contributed by atoms with Crippen molar-refractivity contribution in [2.75, 3.05) is 33.9 Å². The number of carbonyl (C=O) groups is 1. The van der Waals surface area contributed by atoms with E-state index in [0.29, 0.717) is 12.1 Å². The van der Waals surface area contributed by atoms with Gasteiger partial charge < -0.3 is 14.8 Å². The molecule has 1 N–H and O–H groups in total. The van der Waals surface area contributed by atoms with Crippen LogP contribution < -0.4 is 14.8 Å². The van der Waals surface area contributed by atoms with Crippen molar-refractivity contribution in [3.8, 4) is 11.5 Å². The van der Waals surface area contributed by atoms with Gasteiger partial charge >= 0.3 is 0 Å². The van der Waals surface area contributed by atoms with Gasteiger partial charge in [-0.2, -0.15) is 0 Å². The zero-order valence-electron chi connectivity index (χ0n) is 15.4. The van der Waals surface area contributed by atoms with Crippen molar-refractivity contribution >= 4 is 5.91 Å². The lowest BCUT2D eigenvalue weighted by Gasteiger charge is -2.28. The van der Waals surface area contributed by atoms with Crippen LogP contribution in [0.25, 0.3) is 0 Å². The Kier molecular flexibility index (Phi) is 6.12. The summed E-state index contributed by atoms with van der Waals surface area (Å²) >= 11 is 0. The van der Waals surface area contributed by atoms with Crippen molar-refractivity contribution in [2.45, 2.75) is 18.9 Å². The highest BCUT2D eigenvalue weighted by atomic mass is 16.5. The van der Waals surface area contributed by atoms with Crippen molar-refractivity contribution in [3.05, 3.63) is 59.7 Å². The summed E-state index contributed by atoms with van der Waals surface area (Å²) in [6, 6.07) is 15.5. The molecule has 26 heavy (non-hydrogen) atoms. The number of rotatable bonds is 7. The van der Waals surface area contributed by atoms with Crippen LogP contribution >= 0.6 is 0 Å². The fourth-order valence-electron chi connectivity index (χ4n) is 3.37. The summed E-state index contributed by atoms with van der Waals surface area (Å²) in [5, 5.41) is 3.09. The molecule has 0 saturated carbocycles. The monoisotopic (exact) mass is 354 g/mol. The fourth-order valence-corrected chi connectivity index (χ4v) is 3.37. The Labute approximate surface area is 154 Å². The molecule has 1 unspecified atom stereocenters. The van der Waals surface area contributed by atoms with Crippen LogP contribution in [0.3, 0.4) is 0 Å². The van der Waals surface area contributed by atoms with Gasteiger partial charge in [0.25, 0.3) is 5.91 Å². The predicted octanol–water partition coefficient (Wildman–Crippen LogP) is 3.27. The summed E-state index contributed by atoms with van der Waals surface area (Å²) in [6.45, 7) is 2.71. The number of methoxy groups -OCH3 is 2. The van der Waals surface area contributed by atoms with Gasteiger partial charge in [-0.15, -0.1) is 0 Å². The first kappa shape index (κ1) is 18.3. The van der Waals surface area contributed by atoms with Gasteiger partial charge in [0, 0.05) is 12.1 Å². The highest BCUT2D eigenvalue weighted by molar-refractivity contribution is 5.94. The number of hydrogen-bond acceptors (Lipinski definition) is 4. The molecule has 3 rings (SSSR count). The maximum atomic E-state index is 12.5. The van der Waals surface area contributed by atoms with Gasteiger partial charge in [-0.3, -0.25) is 9.69 Å². The number of carbonyl (C=O) groups excluding carboxylic acids is 1. The Bertz CT molecular complexity index is 707. The van der Waals surface area contributed by atoms with Crippen LogP contribution in [0, 0.1) is 0 Å². The Morgan fingerprint density at radius 3 is 2.04 bits per heavy atom. The first-order valence-electron chi connectivity index (χ1n) is 9.01. The van der Waals surface area contributed by atoms with E-state index in [-0.39, 0.29) is 11.9 Å². The maximum Gasteiger partial charge on any atom is 0.251 e. The minimum Gasteiger partial charge on any atom is -0.497 e. The molecule has 1 aliphatic heterocycles. The van der Waals surface area contributed by atoms with Gasteiger partial charge in [0.15, 0.2) is 0 Å². The second-order valence-electron chi connectivity index (χ2n) is 6.47. The van der Waals surface area contributed by atoms with Gasteiger partial charge in [0.2, 0.25) is 0 Å². The first-order chi connectivity index (χ1) is 12.7. The average molecular weight is 354 g/mol. The molecule has 1 amide bonds. The number of amides is 1. The summed E-state index contributed by atoms with van der Waals surface area (Å²) < 4.78 is 10.4. The minimum absolute atomic E-state index is 0.0645. The standard InChI is InChI=1S/C21H26N2O3/c1-25-18-9-5-16(6-10-18)20(23-13-3-4-14-23)15-22-21(24)17-7-11-19(26-2)12-8-17/h5-12,20H,3-4,13-15H2,1-2H3,(H,22,24). The molecule has 1 atom stereocenters. The third kappa shape index (κ3) is 4.35. The van der Waals surface area contributed by atoms with Crippen molar-refractivity contribution in [1.82, 2.24) is 10.2 Å². The molecule has 2 aromatic carbocycles. The average Bonchev–Trinajstić information content (AvgIpc) is 3.23. The Balaban J connectivity index is 1.69. The van der Waals surface area contributed by atoms with Gasteiger partial charge in [0.1, 0.15) is 11.5 Å². The van der Waals surface area contributed by atoms with E-state index in [0.717, 1.165) is 24.6 Å². The Morgan fingerprint density at radius 2 is 1.50 bits per heavy atom. The van der Waals surface area contributed by atoms with Crippen molar-refractivity contribution in [1.29, 1.82) is 0 Å². The largest absolute Gasteiger partial charge is 0.497 e. The van der Waals surface area contributed by atoms with Crippen molar-refractivity contribution in [3.63, 3.8) is 0 Å². The van der Waals surface area contributed by atoms with Gasteiger partial charge in [0.05, 0.1) is 20.3 Å². The van der Waals surface area contributed by atoms with Crippen LogP contribution in [0.4, 0.5) is 0 Å². The van der Waals surface area contributed by atoms with E-state index in [4.69, 9.17) is 9.47 Å². The topological polar surface area (TPSA) is 50.8 Å². The lowest BCUT2D eigenvalue weighted by Crippen LogP contribution is -2.36. The van der Waals surface area contributed by atoms with E-state index in [2.05, 4.69) is 22.3 Å². The Morgan fingerprint density at radius 1 is 0.962 bits per heavy atom. The maximum absolute atomic E-state index is 12.5. The molecule has 0 aliphatic carbocycles. The number of ether oxygens (including phenoxy) is 2. The third-order valence-electron chi connectivity index (χ3n) is 4.89. The van der Waals surface area contributed by atoms with Crippen LogP contribution in [0.2, 0.25) is 0 Å². The molecule has 0 aromatic heterocycles. The molecular formula is C21H26N2O3. The van der Waals surface area contributed by atoms with Gasteiger partial charge in [-0.1, -0.05) is 12.1 Å². The van der Waals surface area contributed by atoms with Crippen LogP contribution in [-0.4, -0.2) is 44.7 Å². The quantitative estimate of drug-likeness (QED) is 0.829. The fraction of sp³-hybridized carbons (Fsp3) is 0.381. The molecule has 5 nitrogen and oxygen atoms in total. The molecule has 0 spiro atoms. The predicted molar refractivity (Wildman–Crippen MR) is 102 cm³/mol. The summed E-state index contributed by atoms with van der Waals surface area (Å²) in [5.74, 6) is 1.52. The second kappa shape index (κ2) is 8.72. The van der Waals surface area contributed by atoms with E-state index in [1.54, 1.807) is 38.5 Å². The highest BCUT2D eigenvalue weighted by Crippen LogP contribution is 2.26. The van der Waals surface area contributed by atoms with Crippen molar-refractivity contribution in [2.24, 2.45) is 0 Å². The normalized spacial score (nSPS) is 15.5. The number of likely N-dealkylation sites (tertiary alicyclic amines) is 1. The zero-order chi connectivity index (χ0) is 18.4. The molecule has 138 valence electrons. The molecule has 1 aliphatic rings. The van der Waals surface area contributed by atoms with Crippen molar-refractivity contribution < 1.29 is 14.3 Å². The van der Waals surface area contributed by atoms with E-state index in [1.165, 1.54) is 18.4 Å². The van der Waals surface area contributed by atoms with Gasteiger partial charge in [-0.25, -0.2) is 0 Å². The zero-order valence-corrected chi connectivity index (χ0v) is 15.4.